The molecule has 1 saturated heterocycles. The molecule has 0 atom stereocenters. The highest BCUT2D eigenvalue weighted by molar-refractivity contribution is 7.90. The van der Waals surface area contributed by atoms with E-state index in [0.29, 0.717) is 16.8 Å². The van der Waals surface area contributed by atoms with Gasteiger partial charge in [-0.15, -0.1) is 16.8 Å². The molecule has 1 aromatic carbocycles. The van der Waals surface area contributed by atoms with Gasteiger partial charge < -0.3 is 10.2 Å². The molecule has 2 heterocycles. The summed E-state index contributed by atoms with van der Waals surface area (Å²) in [5.74, 6) is 0.616. The second kappa shape index (κ2) is 5.71. The van der Waals surface area contributed by atoms with Crippen LogP contribution in [0, 0.1) is 0 Å². The maximum atomic E-state index is 12.0. The van der Waals surface area contributed by atoms with Gasteiger partial charge in [0.15, 0.2) is 5.84 Å². The van der Waals surface area contributed by atoms with Crippen molar-refractivity contribution < 1.29 is 8.42 Å². The molecule has 0 amide bonds. The Morgan fingerprint density at radius 2 is 1.90 bits per heavy atom. The van der Waals surface area contributed by atoms with Gasteiger partial charge in [0.1, 0.15) is 4.90 Å². The number of hydrogen-bond donors (Lipinski definition) is 1. The highest BCUT2D eigenvalue weighted by atomic mass is 35.5. The molecule has 0 aliphatic carbocycles. The van der Waals surface area contributed by atoms with Crippen LogP contribution in [-0.2, 0) is 10.0 Å². The Hall–Kier alpha value is -1.11. The van der Waals surface area contributed by atoms with E-state index in [1.807, 2.05) is 19.2 Å². The standard InChI is InChI=1S/C13H17N3O2S.ClH/c1-14-10-6-8-16(9-7-10)13-11-4-2-3-5-12(11)19(17,18)15-13;/h2-5,10,14H,6-9H2,1H3;1H. The minimum Gasteiger partial charge on any atom is -0.355 e. The number of benzene rings is 1. The molecular formula is C13H18ClN3O2S. The zero-order valence-corrected chi connectivity index (χ0v) is 12.9. The molecule has 3 rings (SSSR count). The van der Waals surface area contributed by atoms with Crippen molar-refractivity contribution >= 4 is 28.3 Å². The molecule has 2 aliphatic heterocycles. The lowest BCUT2D eigenvalue weighted by molar-refractivity contribution is 0.292. The van der Waals surface area contributed by atoms with Crippen LogP contribution in [0.25, 0.3) is 0 Å². The van der Waals surface area contributed by atoms with E-state index in [1.54, 1.807) is 12.1 Å². The smallest absolute Gasteiger partial charge is 0.285 e. The lowest BCUT2D eigenvalue weighted by Gasteiger charge is -2.33. The van der Waals surface area contributed by atoms with Gasteiger partial charge in [0.05, 0.1) is 0 Å². The van der Waals surface area contributed by atoms with Gasteiger partial charge in [-0.2, -0.15) is 8.42 Å². The minimum atomic E-state index is -3.49. The first-order valence-electron chi connectivity index (χ1n) is 6.48. The van der Waals surface area contributed by atoms with Gasteiger partial charge in [0.25, 0.3) is 10.0 Å². The second-order valence-electron chi connectivity index (χ2n) is 4.94. The van der Waals surface area contributed by atoms with E-state index in [-0.39, 0.29) is 12.4 Å². The number of sulfonamides is 1. The van der Waals surface area contributed by atoms with E-state index in [4.69, 9.17) is 0 Å². The SMILES string of the molecule is CNC1CCN(C2=NS(=O)(=O)c3ccccc32)CC1.Cl. The molecule has 7 heteroatoms. The maximum absolute atomic E-state index is 12.0. The number of amidine groups is 1. The Balaban J connectivity index is 0.00000147. The summed E-state index contributed by atoms with van der Waals surface area (Å²) in [5.41, 5.74) is 0.741. The average Bonchev–Trinajstić information content (AvgIpc) is 2.72. The number of piperidine rings is 1. The van der Waals surface area contributed by atoms with Crippen LogP contribution in [0.15, 0.2) is 33.6 Å². The summed E-state index contributed by atoms with van der Waals surface area (Å²) in [6, 6.07) is 7.58. The topological polar surface area (TPSA) is 61.8 Å². The molecule has 1 fully saturated rings. The number of halogens is 1. The fourth-order valence-electron chi connectivity index (χ4n) is 2.70. The molecule has 5 nitrogen and oxygen atoms in total. The van der Waals surface area contributed by atoms with Crippen LogP contribution in [0.2, 0.25) is 0 Å². The molecule has 0 saturated carbocycles. The monoisotopic (exact) mass is 315 g/mol. The molecule has 1 aromatic rings. The van der Waals surface area contributed by atoms with Crippen molar-refractivity contribution in [3.05, 3.63) is 29.8 Å². The van der Waals surface area contributed by atoms with Gasteiger partial charge in [0.2, 0.25) is 0 Å². The van der Waals surface area contributed by atoms with Gasteiger partial charge >= 0.3 is 0 Å². The summed E-state index contributed by atoms with van der Waals surface area (Å²) in [4.78, 5) is 2.41. The first-order valence-corrected chi connectivity index (χ1v) is 7.92. The van der Waals surface area contributed by atoms with E-state index in [0.717, 1.165) is 31.5 Å². The average molecular weight is 316 g/mol. The lowest BCUT2D eigenvalue weighted by Crippen LogP contribution is -2.43. The first-order chi connectivity index (χ1) is 9.12. The van der Waals surface area contributed by atoms with Crippen LogP contribution in [-0.4, -0.2) is 45.3 Å². The summed E-state index contributed by atoms with van der Waals surface area (Å²) in [5, 5.41) is 3.27. The molecule has 0 spiro atoms. The minimum absolute atomic E-state index is 0. The predicted octanol–water partition coefficient (Wildman–Crippen LogP) is 1.24. The van der Waals surface area contributed by atoms with Crippen molar-refractivity contribution in [3.63, 3.8) is 0 Å². The van der Waals surface area contributed by atoms with Gasteiger partial charge in [-0.1, -0.05) is 12.1 Å². The van der Waals surface area contributed by atoms with Gasteiger partial charge in [-0.05, 0) is 32.0 Å². The van der Waals surface area contributed by atoms with Crippen LogP contribution >= 0.6 is 12.4 Å². The third-order valence-corrected chi connectivity index (χ3v) is 5.14. The summed E-state index contributed by atoms with van der Waals surface area (Å²) in [6.45, 7) is 1.68. The van der Waals surface area contributed by atoms with Crippen LogP contribution in [0.5, 0.6) is 0 Å². The Labute approximate surface area is 125 Å². The zero-order chi connectivity index (χ0) is 13.5. The van der Waals surface area contributed by atoms with Crippen molar-refractivity contribution in [3.8, 4) is 0 Å². The fourth-order valence-corrected chi connectivity index (χ4v) is 3.92. The number of likely N-dealkylation sites (tertiary alicyclic amines) is 1. The molecule has 0 radical (unpaired) electrons. The number of nitrogens with one attached hydrogen (secondary N) is 1. The first kappa shape index (κ1) is 15.3. The van der Waals surface area contributed by atoms with E-state index >= 15 is 0 Å². The molecule has 0 unspecified atom stereocenters. The van der Waals surface area contributed by atoms with Gasteiger partial charge in [-0.25, -0.2) is 0 Å². The highest BCUT2D eigenvalue weighted by Crippen LogP contribution is 2.28. The van der Waals surface area contributed by atoms with Crippen LogP contribution < -0.4 is 5.32 Å². The lowest BCUT2D eigenvalue weighted by atomic mass is 10.0. The largest absolute Gasteiger partial charge is 0.355 e. The van der Waals surface area contributed by atoms with E-state index in [9.17, 15) is 8.42 Å². The van der Waals surface area contributed by atoms with Gasteiger partial charge in [-0.3, -0.25) is 0 Å². The number of rotatable bonds is 1. The van der Waals surface area contributed by atoms with Gasteiger partial charge in [0, 0.05) is 24.7 Å². The summed E-state index contributed by atoms with van der Waals surface area (Å²) < 4.78 is 28.0. The van der Waals surface area contributed by atoms with E-state index in [2.05, 4.69) is 14.6 Å². The molecular weight excluding hydrogens is 298 g/mol. The number of nitrogens with zero attached hydrogens (tertiary/aromatic N) is 2. The Morgan fingerprint density at radius 3 is 2.55 bits per heavy atom. The third kappa shape index (κ3) is 2.55. The molecule has 110 valence electrons. The van der Waals surface area contributed by atoms with Crippen molar-refractivity contribution in [1.82, 2.24) is 10.2 Å². The zero-order valence-electron chi connectivity index (χ0n) is 11.2. The molecule has 0 aromatic heterocycles. The van der Waals surface area contributed by atoms with Crippen LogP contribution in [0.3, 0.4) is 0 Å². The summed E-state index contributed by atoms with van der Waals surface area (Å²) in [6.07, 6.45) is 2.02. The summed E-state index contributed by atoms with van der Waals surface area (Å²) >= 11 is 0. The number of fused-ring (bicyclic) bond motifs is 1. The van der Waals surface area contributed by atoms with E-state index in [1.165, 1.54) is 0 Å². The maximum Gasteiger partial charge on any atom is 0.285 e. The normalized spacial score (nSPS) is 21.1. The predicted molar refractivity (Wildman–Crippen MR) is 81.1 cm³/mol. The molecule has 0 bridgehead atoms. The molecule has 1 N–H and O–H groups in total. The quantitative estimate of drug-likeness (QED) is 0.847. The van der Waals surface area contributed by atoms with Crippen LogP contribution in [0.1, 0.15) is 18.4 Å². The van der Waals surface area contributed by atoms with Crippen molar-refractivity contribution in [2.45, 2.75) is 23.8 Å². The highest BCUT2D eigenvalue weighted by Gasteiger charge is 2.32. The molecule has 20 heavy (non-hydrogen) atoms. The molecule has 2 aliphatic rings. The number of hydrogen-bond acceptors (Lipinski definition) is 4. The fraction of sp³-hybridized carbons (Fsp3) is 0.462. The van der Waals surface area contributed by atoms with Crippen molar-refractivity contribution in [2.24, 2.45) is 4.40 Å². The van der Waals surface area contributed by atoms with Crippen LogP contribution in [0.4, 0.5) is 0 Å². The van der Waals surface area contributed by atoms with E-state index < -0.39 is 10.0 Å². The summed E-state index contributed by atoms with van der Waals surface area (Å²) in [7, 11) is -1.53. The second-order valence-corrected chi connectivity index (χ2v) is 6.51. The Morgan fingerprint density at radius 1 is 1.25 bits per heavy atom. The Bertz CT molecular complexity index is 622. The van der Waals surface area contributed by atoms with Crippen molar-refractivity contribution in [1.29, 1.82) is 0 Å². The van der Waals surface area contributed by atoms with Crippen molar-refractivity contribution in [2.75, 3.05) is 20.1 Å². The third-order valence-electron chi connectivity index (χ3n) is 3.82. The Kier molecular flexibility index (Phi) is 4.36.